The van der Waals surface area contributed by atoms with E-state index in [-0.39, 0.29) is 5.78 Å². The molecule has 82 valence electrons. The van der Waals surface area contributed by atoms with Gasteiger partial charge in [-0.15, -0.1) is 0 Å². The molecule has 1 rings (SSSR count). The fourth-order valence-corrected chi connectivity index (χ4v) is 1.60. The number of Topliss-reactive ketones (excluding diaryl/α,β-unsaturated/α-hetero) is 1. The second kappa shape index (κ2) is 4.67. The van der Waals surface area contributed by atoms with Crippen LogP contribution in [-0.4, -0.2) is 18.9 Å². The number of carbonyl (C=O) groups excluding carboxylic acids is 1. The van der Waals surface area contributed by atoms with Crippen molar-refractivity contribution >= 4 is 23.1 Å². The van der Waals surface area contributed by atoms with Gasteiger partial charge < -0.3 is 4.90 Å². The Bertz CT molecular complexity index is 374. The summed E-state index contributed by atoms with van der Waals surface area (Å²) in [5.74, 6) is 0.0376. The molecule has 0 aliphatic heterocycles. The normalized spacial score (nSPS) is 10.5. The molecule has 1 aromatic rings. The highest BCUT2D eigenvalue weighted by molar-refractivity contribution is 6.33. The number of anilines is 1. The van der Waals surface area contributed by atoms with Gasteiger partial charge in [0, 0.05) is 18.7 Å². The third-order valence-electron chi connectivity index (χ3n) is 2.51. The van der Waals surface area contributed by atoms with Gasteiger partial charge in [-0.2, -0.15) is 0 Å². The molecular weight excluding hydrogens is 210 g/mol. The smallest absolute Gasteiger partial charge is 0.159 e. The summed E-state index contributed by atoms with van der Waals surface area (Å²) in [4.78, 5) is 13.2. The number of halogens is 1. The quantitative estimate of drug-likeness (QED) is 0.735. The van der Waals surface area contributed by atoms with Crippen molar-refractivity contribution in [3.63, 3.8) is 0 Å². The van der Waals surface area contributed by atoms with E-state index in [2.05, 4.69) is 18.7 Å². The summed E-state index contributed by atoms with van der Waals surface area (Å²) >= 11 is 6.12. The molecular formula is C12H16ClNO. The minimum Gasteiger partial charge on any atom is -0.371 e. The maximum Gasteiger partial charge on any atom is 0.159 e. The fraction of sp³-hybridized carbons (Fsp3) is 0.417. The predicted molar refractivity (Wildman–Crippen MR) is 65.0 cm³/mol. The molecule has 0 aromatic heterocycles. The molecule has 0 unspecified atom stereocenters. The first-order chi connectivity index (χ1) is 6.93. The van der Waals surface area contributed by atoms with E-state index < -0.39 is 0 Å². The molecule has 0 atom stereocenters. The van der Waals surface area contributed by atoms with E-state index in [0.29, 0.717) is 16.6 Å². The van der Waals surface area contributed by atoms with Crippen LogP contribution in [0.2, 0.25) is 5.02 Å². The van der Waals surface area contributed by atoms with E-state index in [1.807, 2.05) is 19.2 Å². The first-order valence-electron chi connectivity index (χ1n) is 4.96. The molecule has 0 spiro atoms. The third-order valence-corrected chi connectivity index (χ3v) is 2.81. The molecule has 2 nitrogen and oxygen atoms in total. The van der Waals surface area contributed by atoms with Crippen LogP contribution in [0.1, 0.15) is 31.1 Å². The Morgan fingerprint density at radius 3 is 2.40 bits per heavy atom. The first kappa shape index (κ1) is 12.1. The summed E-state index contributed by atoms with van der Waals surface area (Å²) in [6, 6.07) is 5.80. The van der Waals surface area contributed by atoms with Gasteiger partial charge in [0.15, 0.2) is 5.78 Å². The van der Waals surface area contributed by atoms with Crippen LogP contribution in [0.15, 0.2) is 18.2 Å². The second-order valence-electron chi connectivity index (χ2n) is 3.93. The van der Waals surface area contributed by atoms with E-state index in [0.717, 1.165) is 5.69 Å². The second-order valence-corrected chi connectivity index (χ2v) is 4.33. The highest BCUT2D eigenvalue weighted by atomic mass is 35.5. The van der Waals surface area contributed by atoms with Crippen molar-refractivity contribution in [1.29, 1.82) is 0 Å². The summed E-state index contributed by atoms with van der Waals surface area (Å²) in [5, 5.41) is 0.624. The maximum atomic E-state index is 11.1. The molecule has 0 saturated carbocycles. The largest absolute Gasteiger partial charge is 0.371 e. The molecule has 0 N–H and O–H groups in total. The van der Waals surface area contributed by atoms with Crippen LogP contribution in [0.3, 0.4) is 0 Å². The van der Waals surface area contributed by atoms with Crippen molar-refractivity contribution in [3.8, 4) is 0 Å². The van der Waals surface area contributed by atoms with Gasteiger partial charge in [0.05, 0.1) is 10.7 Å². The van der Waals surface area contributed by atoms with Crippen LogP contribution in [0.25, 0.3) is 0 Å². The highest BCUT2D eigenvalue weighted by Gasteiger charge is 2.10. The molecule has 0 aliphatic carbocycles. The molecule has 3 heteroatoms. The summed E-state index contributed by atoms with van der Waals surface area (Å²) in [6.45, 7) is 5.72. The van der Waals surface area contributed by atoms with E-state index in [9.17, 15) is 4.79 Å². The van der Waals surface area contributed by atoms with Gasteiger partial charge in [0.1, 0.15) is 0 Å². The van der Waals surface area contributed by atoms with Crippen molar-refractivity contribution < 1.29 is 4.79 Å². The number of hydrogen-bond donors (Lipinski definition) is 0. The summed E-state index contributed by atoms with van der Waals surface area (Å²) in [5.41, 5.74) is 1.61. The average Bonchev–Trinajstić information content (AvgIpc) is 2.16. The van der Waals surface area contributed by atoms with E-state index >= 15 is 0 Å². The Labute approximate surface area is 95.8 Å². The standard InChI is InChI=1S/C12H16ClNO/c1-8(2)14(4)12-6-5-10(9(3)15)7-11(12)13/h5-8H,1-4H3. The number of hydrogen-bond acceptors (Lipinski definition) is 2. The lowest BCUT2D eigenvalue weighted by Crippen LogP contribution is -2.25. The number of rotatable bonds is 3. The Morgan fingerprint density at radius 1 is 1.40 bits per heavy atom. The van der Waals surface area contributed by atoms with Gasteiger partial charge in [-0.3, -0.25) is 4.79 Å². The zero-order chi connectivity index (χ0) is 11.6. The van der Waals surface area contributed by atoms with Crippen LogP contribution in [-0.2, 0) is 0 Å². The predicted octanol–water partition coefficient (Wildman–Crippen LogP) is 3.39. The van der Waals surface area contributed by atoms with Gasteiger partial charge in [-0.25, -0.2) is 0 Å². The van der Waals surface area contributed by atoms with Crippen LogP contribution in [0, 0.1) is 0 Å². The van der Waals surface area contributed by atoms with Crippen LogP contribution < -0.4 is 4.90 Å². The summed E-state index contributed by atoms with van der Waals surface area (Å²) in [6.07, 6.45) is 0. The van der Waals surface area contributed by atoms with Gasteiger partial charge in [-0.05, 0) is 39.0 Å². The third kappa shape index (κ3) is 2.72. The fourth-order valence-electron chi connectivity index (χ4n) is 1.29. The Kier molecular flexibility index (Phi) is 3.75. The zero-order valence-electron chi connectivity index (χ0n) is 9.54. The van der Waals surface area contributed by atoms with E-state index in [4.69, 9.17) is 11.6 Å². The molecule has 15 heavy (non-hydrogen) atoms. The van der Waals surface area contributed by atoms with Crippen molar-refractivity contribution in [2.24, 2.45) is 0 Å². The minimum absolute atomic E-state index is 0.0376. The van der Waals surface area contributed by atoms with Crippen LogP contribution >= 0.6 is 11.6 Å². The lowest BCUT2D eigenvalue weighted by Gasteiger charge is -2.25. The Balaban J connectivity index is 3.08. The first-order valence-corrected chi connectivity index (χ1v) is 5.34. The van der Waals surface area contributed by atoms with Crippen LogP contribution in [0.5, 0.6) is 0 Å². The van der Waals surface area contributed by atoms with E-state index in [1.54, 1.807) is 6.07 Å². The van der Waals surface area contributed by atoms with Crippen molar-refractivity contribution in [1.82, 2.24) is 0 Å². The Hall–Kier alpha value is -1.02. The zero-order valence-corrected chi connectivity index (χ0v) is 10.3. The van der Waals surface area contributed by atoms with Gasteiger partial charge in [0.25, 0.3) is 0 Å². The topological polar surface area (TPSA) is 20.3 Å². The average molecular weight is 226 g/mol. The molecule has 0 aliphatic rings. The minimum atomic E-state index is 0.0376. The van der Waals surface area contributed by atoms with Gasteiger partial charge in [0.2, 0.25) is 0 Å². The molecule has 0 saturated heterocycles. The van der Waals surface area contributed by atoms with Crippen LogP contribution in [0.4, 0.5) is 5.69 Å². The lowest BCUT2D eigenvalue weighted by atomic mass is 10.1. The number of benzene rings is 1. The van der Waals surface area contributed by atoms with E-state index in [1.165, 1.54) is 6.92 Å². The number of ketones is 1. The molecule has 0 bridgehead atoms. The molecule has 0 radical (unpaired) electrons. The van der Waals surface area contributed by atoms with Gasteiger partial charge in [-0.1, -0.05) is 11.6 Å². The molecule has 1 aromatic carbocycles. The van der Waals surface area contributed by atoms with Crippen molar-refractivity contribution in [3.05, 3.63) is 28.8 Å². The van der Waals surface area contributed by atoms with Crippen molar-refractivity contribution in [2.45, 2.75) is 26.8 Å². The number of nitrogens with zero attached hydrogens (tertiary/aromatic N) is 1. The number of carbonyl (C=O) groups is 1. The van der Waals surface area contributed by atoms with Crippen molar-refractivity contribution in [2.75, 3.05) is 11.9 Å². The maximum absolute atomic E-state index is 11.1. The lowest BCUT2D eigenvalue weighted by molar-refractivity contribution is 0.101. The molecule has 0 amide bonds. The Morgan fingerprint density at radius 2 is 2.00 bits per heavy atom. The summed E-state index contributed by atoms with van der Waals surface area (Å²) < 4.78 is 0. The highest BCUT2D eigenvalue weighted by Crippen LogP contribution is 2.27. The monoisotopic (exact) mass is 225 g/mol. The SMILES string of the molecule is CC(=O)c1ccc(N(C)C(C)C)c(Cl)c1. The molecule has 0 heterocycles. The molecule has 0 fully saturated rings. The van der Waals surface area contributed by atoms with Gasteiger partial charge >= 0.3 is 0 Å². The summed E-state index contributed by atoms with van der Waals surface area (Å²) in [7, 11) is 1.99.